The van der Waals surface area contributed by atoms with Crippen molar-refractivity contribution in [3.05, 3.63) is 108 Å². The van der Waals surface area contributed by atoms with E-state index in [2.05, 4.69) is 34.6 Å². The number of amides is 2. The van der Waals surface area contributed by atoms with Crippen LogP contribution in [-0.4, -0.2) is 41.3 Å². The Hall–Kier alpha value is -3.86. The summed E-state index contributed by atoms with van der Waals surface area (Å²) >= 11 is 0. The number of carbonyl (C=O) groups is 2. The van der Waals surface area contributed by atoms with E-state index in [9.17, 15) is 9.59 Å². The van der Waals surface area contributed by atoms with Crippen LogP contribution in [0.25, 0.3) is 10.9 Å². The normalized spacial score (nSPS) is 15.1. The lowest BCUT2D eigenvalue weighted by molar-refractivity contribution is -0.136. The second-order valence-electron chi connectivity index (χ2n) is 9.68. The first-order valence-electron chi connectivity index (χ1n) is 12.9. The van der Waals surface area contributed by atoms with E-state index in [1.807, 2.05) is 71.8 Å². The minimum absolute atomic E-state index is 0.0601. The fourth-order valence-electron chi connectivity index (χ4n) is 5.41. The monoisotopic (exact) mass is 479 g/mol. The minimum atomic E-state index is -0.613. The van der Waals surface area contributed by atoms with Crippen molar-refractivity contribution in [1.29, 1.82) is 0 Å². The maximum absolute atomic E-state index is 13.7. The van der Waals surface area contributed by atoms with Crippen LogP contribution in [0.15, 0.2) is 91.1 Å². The van der Waals surface area contributed by atoms with Crippen LogP contribution in [0.2, 0.25) is 0 Å². The molecule has 184 valence electrons. The van der Waals surface area contributed by atoms with Crippen molar-refractivity contribution in [2.24, 2.45) is 0 Å². The highest BCUT2D eigenvalue weighted by atomic mass is 16.2. The molecule has 5 heteroatoms. The standard InChI is InChI=1S/C31H33N3O2/c35-29(16-15-24-9-3-1-4-10-24)34-21-18-31(19-22-34,26-11-5-2-6-12-26)30(36)32-20-17-25-23-33-28-14-8-7-13-27(25)28/h1-14,23,33H,15-22H2,(H,32,36). The molecule has 0 spiro atoms. The lowest BCUT2D eigenvalue weighted by atomic mass is 9.72. The van der Waals surface area contributed by atoms with Gasteiger partial charge in [0.1, 0.15) is 0 Å². The molecule has 4 aromatic rings. The number of aromatic nitrogens is 1. The van der Waals surface area contributed by atoms with Crippen LogP contribution in [0.4, 0.5) is 0 Å². The summed E-state index contributed by atoms with van der Waals surface area (Å²) in [6.45, 7) is 1.77. The van der Waals surface area contributed by atoms with Gasteiger partial charge in [0.15, 0.2) is 0 Å². The zero-order chi connectivity index (χ0) is 24.8. The first kappa shape index (κ1) is 23.9. The molecule has 2 N–H and O–H groups in total. The zero-order valence-electron chi connectivity index (χ0n) is 20.6. The van der Waals surface area contributed by atoms with E-state index in [4.69, 9.17) is 0 Å². The van der Waals surface area contributed by atoms with Crippen LogP contribution >= 0.6 is 0 Å². The van der Waals surface area contributed by atoms with Gasteiger partial charge in [-0.2, -0.15) is 0 Å². The second kappa shape index (κ2) is 10.8. The molecule has 1 aliphatic rings. The largest absolute Gasteiger partial charge is 0.361 e. The van der Waals surface area contributed by atoms with Crippen molar-refractivity contribution in [1.82, 2.24) is 15.2 Å². The number of para-hydroxylation sites is 1. The molecule has 5 nitrogen and oxygen atoms in total. The van der Waals surface area contributed by atoms with E-state index >= 15 is 0 Å². The predicted octanol–water partition coefficient (Wildman–Crippen LogP) is 5.02. The number of piperidine rings is 1. The SMILES string of the molecule is O=C(CCc1ccccc1)N1CCC(C(=O)NCCc2c[nH]c3ccccc23)(c2ccccc2)CC1. The number of carbonyl (C=O) groups excluding carboxylic acids is 2. The predicted molar refractivity (Wildman–Crippen MR) is 144 cm³/mol. The van der Waals surface area contributed by atoms with Gasteiger partial charge in [0.25, 0.3) is 0 Å². The number of benzene rings is 3. The molecule has 5 rings (SSSR count). The summed E-state index contributed by atoms with van der Waals surface area (Å²) in [5.41, 5.74) is 3.92. The van der Waals surface area contributed by atoms with Gasteiger partial charge < -0.3 is 15.2 Å². The molecule has 0 atom stereocenters. The minimum Gasteiger partial charge on any atom is -0.361 e. The third-order valence-electron chi connectivity index (χ3n) is 7.56. The van der Waals surface area contributed by atoms with Crippen LogP contribution < -0.4 is 5.32 Å². The van der Waals surface area contributed by atoms with Crippen molar-refractivity contribution in [2.75, 3.05) is 19.6 Å². The summed E-state index contributed by atoms with van der Waals surface area (Å²) < 4.78 is 0. The van der Waals surface area contributed by atoms with Crippen molar-refractivity contribution >= 4 is 22.7 Å². The average Bonchev–Trinajstić information content (AvgIpc) is 3.36. The molecule has 0 unspecified atom stereocenters. The van der Waals surface area contributed by atoms with Gasteiger partial charge in [0.2, 0.25) is 11.8 Å². The molecule has 0 radical (unpaired) electrons. The Morgan fingerprint density at radius 3 is 2.25 bits per heavy atom. The third kappa shape index (κ3) is 5.06. The summed E-state index contributed by atoms with van der Waals surface area (Å²) in [6.07, 6.45) is 5.31. The van der Waals surface area contributed by atoms with Crippen LogP contribution in [0.1, 0.15) is 36.0 Å². The first-order valence-corrected chi connectivity index (χ1v) is 12.9. The Labute approximate surface area is 212 Å². The fraction of sp³-hybridized carbons (Fsp3) is 0.290. The second-order valence-corrected chi connectivity index (χ2v) is 9.68. The number of aryl methyl sites for hydroxylation is 1. The van der Waals surface area contributed by atoms with Crippen molar-refractivity contribution in [2.45, 2.75) is 37.5 Å². The number of nitrogens with zero attached hydrogens (tertiary/aromatic N) is 1. The quantitative estimate of drug-likeness (QED) is 0.373. The number of likely N-dealkylation sites (tertiary alicyclic amines) is 1. The average molecular weight is 480 g/mol. The summed E-state index contributed by atoms with van der Waals surface area (Å²) in [7, 11) is 0. The van der Waals surface area contributed by atoms with Gasteiger partial charge >= 0.3 is 0 Å². The zero-order valence-corrected chi connectivity index (χ0v) is 20.6. The maximum atomic E-state index is 13.7. The van der Waals surface area contributed by atoms with Gasteiger partial charge in [0, 0.05) is 43.2 Å². The Bertz CT molecular complexity index is 1310. The number of H-pyrrole nitrogens is 1. The highest BCUT2D eigenvalue weighted by Crippen LogP contribution is 2.36. The van der Waals surface area contributed by atoms with Gasteiger partial charge in [-0.15, -0.1) is 0 Å². The Balaban J connectivity index is 1.23. The van der Waals surface area contributed by atoms with Gasteiger partial charge in [-0.05, 0) is 48.4 Å². The molecule has 0 aliphatic carbocycles. The van der Waals surface area contributed by atoms with Crippen LogP contribution in [0.3, 0.4) is 0 Å². The molecule has 3 aromatic carbocycles. The molecular weight excluding hydrogens is 446 g/mol. The summed E-state index contributed by atoms with van der Waals surface area (Å²) in [5.74, 6) is 0.227. The molecule has 0 bridgehead atoms. The molecule has 1 aliphatic heterocycles. The highest BCUT2D eigenvalue weighted by molar-refractivity contribution is 5.89. The fourth-order valence-corrected chi connectivity index (χ4v) is 5.41. The van der Waals surface area contributed by atoms with E-state index < -0.39 is 5.41 Å². The van der Waals surface area contributed by atoms with Gasteiger partial charge in [-0.25, -0.2) is 0 Å². The molecule has 1 aromatic heterocycles. The van der Waals surface area contributed by atoms with Crippen LogP contribution in [0.5, 0.6) is 0 Å². The number of nitrogens with one attached hydrogen (secondary N) is 2. The number of rotatable bonds is 8. The van der Waals surface area contributed by atoms with Gasteiger partial charge in [-0.1, -0.05) is 78.9 Å². The number of hydrogen-bond acceptors (Lipinski definition) is 2. The van der Waals surface area contributed by atoms with E-state index in [1.54, 1.807) is 0 Å². The number of hydrogen-bond donors (Lipinski definition) is 2. The van der Waals surface area contributed by atoms with E-state index in [0.29, 0.717) is 38.9 Å². The van der Waals surface area contributed by atoms with E-state index in [1.165, 1.54) is 16.5 Å². The third-order valence-corrected chi connectivity index (χ3v) is 7.56. The van der Waals surface area contributed by atoms with Crippen LogP contribution in [-0.2, 0) is 27.8 Å². The van der Waals surface area contributed by atoms with Crippen LogP contribution in [0, 0.1) is 0 Å². The Morgan fingerprint density at radius 1 is 0.833 bits per heavy atom. The summed E-state index contributed by atoms with van der Waals surface area (Å²) in [5, 5.41) is 4.43. The molecule has 2 heterocycles. The molecule has 36 heavy (non-hydrogen) atoms. The smallest absolute Gasteiger partial charge is 0.230 e. The molecule has 1 saturated heterocycles. The maximum Gasteiger partial charge on any atom is 0.230 e. The topological polar surface area (TPSA) is 65.2 Å². The van der Waals surface area contributed by atoms with Gasteiger partial charge in [-0.3, -0.25) is 9.59 Å². The number of aromatic amines is 1. The van der Waals surface area contributed by atoms with E-state index in [0.717, 1.165) is 23.9 Å². The lowest BCUT2D eigenvalue weighted by Crippen LogP contribution is -2.53. The molecule has 2 amide bonds. The Kier molecular flexibility index (Phi) is 7.17. The summed E-state index contributed by atoms with van der Waals surface area (Å²) in [6, 6.07) is 28.4. The van der Waals surface area contributed by atoms with Crippen molar-refractivity contribution in [3.63, 3.8) is 0 Å². The summed E-state index contributed by atoms with van der Waals surface area (Å²) in [4.78, 5) is 31.8. The van der Waals surface area contributed by atoms with E-state index in [-0.39, 0.29) is 11.8 Å². The molecule has 0 saturated carbocycles. The highest BCUT2D eigenvalue weighted by Gasteiger charge is 2.43. The molecular formula is C31H33N3O2. The molecule has 1 fully saturated rings. The number of fused-ring (bicyclic) bond motifs is 1. The first-order chi connectivity index (χ1) is 17.7. The van der Waals surface area contributed by atoms with Crippen molar-refractivity contribution in [3.8, 4) is 0 Å². The lowest BCUT2D eigenvalue weighted by Gasteiger charge is -2.41. The van der Waals surface area contributed by atoms with Crippen molar-refractivity contribution < 1.29 is 9.59 Å². The van der Waals surface area contributed by atoms with Gasteiger partial charge in [0.05, 0.1) is 5.41 Å². The Morgan fingerprint density at radius 2 is 1.50 bits per heavy atom.